The molecule has 1 amide bonds. The Labute approximate surface area is 234 Å². The average molecular weight is 542 g/mol. The first-order valence-electron chi connectivity index (χ1n) is 13.4. The Morgan fingerprint density at radius 1 is 1.00 bits per heavy atom. The Morgan fingerprint density at radius 2 is 1.62 bits per heavy atom. The summed E-state index contributed by atoms with van der Waals surface area (Å²) in [6, 6.07) is 22.7. The number of aliphatic hydroxyl groups is 1. The van der Waals surface area contributed by atoms with Gasteiger partial charge in [0, 0.05) is 24.5 Å². The number of nitrogens with zero attached hydrogens (tertiary/aromatic N) is 3. The van der Waals surface area contributed by atoms with Crippen molar-refractivity contribution in [1.29, 1.82) is 0 Å². The molecule has 3 aromatic carbocycles. The first-order chi connectivity index (χ1) is 19.5. The number of nitrogen functional groups attached to an aromatic ring is 1. The van der Waals surface area contributed by atoms with E-state index in [-0.39, 0.29) is 12.5 Å². The van der Waals surface area contributed by atoms with Crippen LogP contribution in [0.2, 0.25) is 0 Å². The smallest absolute Gasteiger partial charge is 0.227 e. The first kappa shape index (κ1) is 27.2. The second-order valence-corrected chi connectivity index (χ2v) is 10.2. The number of amides is 1. The molecule has 1 saturated heterocycles. The molecule has 1 unspecified atom stereocenters. The molecule has 1 aliphatic heterocycles. The van der Waals surface area contributed by atoms with Crippen molar-refractivity contribution in [3.63, 3.8) is 0 Å². The highest BCUT2D eigenvalue weighted by molar-refractivity contribution is 5.92. The topological polar surface area (TPSA) is 123 Å². The number of aromatic nitrogens is 2. The van der Waals surface area contributed by atoms with E-state index < -0.39 is 11.5 Å². The molecule has 1 aromatic heterocycles. The number of carbonyl (C=O) groups excluding carboxylic acids is 1. The van der Waals surface area contributed by atoms with E-state index in [1.807, 2.05) is 48.5 Å². The third-order valence-electron chi connectivity index (χ3n) is 7.78. The van der Waals surface area contributed by atoms with Crippen molar-refractivity contribution in [2.24, 2.45) is 5.41 Å². The molecule has 0 radical (unpaired) electrons. The first-order valence-corrected chi connectivity index (χ1v) is 13.4. The standard InChI is InChI=1S/C31H35N5O4/c1-39-26-17-23-24(18-27(26)40-2)34-30(35-28(23)32)36-15-13-31(14-16-36,19-21-9-5-3-6-10-21)29(38)33-25(20-37)22-11-7-4-8-12-22/h3-12,17-18,25,37H,13-16,19-20H2,1-2H3,(H,33,38)(H2,32,34,35). The van der Waals surface area contributed by atoms with Crippen LogP contribution in [0.3, 0.4) is 0 Å². The maximum absolute atomic E-state index is 14.0. The van der Waals surface area contributed by atoms with Gasteiger partial charge in [0.05, 0.1) is 37.8 Å². The number of hydrogen-bond acceptors (Lipinski definition) is 8. The SMILES string of the molecule is COc1cc2nc(N3CCC(Cc4ccccc4)(C(=O)NC(CO)c4ccccc4)CC3)nc(N)c2cc1OC. The van der Waals surface area contributed by atoms with Crippen molar-refractivity contribution in [2.45, 2.75) is 25.3 Å². The van der Waals surface area contributed by atoms with Gasteiger partial charge in [-0.1, -0.05) is 60.7 Å². The molecule has 9 nitrogen and oxygen atoms in total. The van der Waals surface area contributed by atoms with Crippen LogP contribution in [-0.2, 0) is 11.2 Å². The van der Waals surface area contributed by atoms with Crippen LogP contribution in [-0.4, -0.2) is 54.9 Å². The summed E-state index contributed by atoms with van der Waals surface area (Å²) in [7, 11) is 3.15. The van der Waals surface area contributed by atoms with Crippen LogP contribution < -0.4 is 25.4 Å². The monoisotopic (exact) mass is 541 g/mol. The second-order valence-electron chi connectivity index (χ2n) is 10.2. The number of hydrogen-bond donors (Lipinski definition) is 3. The van der Waals surface area contributed by atoms with Gasteiger partial charge in [-0.25, -0.2) is 4.98 Å². The lowest BCUT2D eigenvalue weighted by Crippen LogP contribution is -2.51. The normalized spacial score (nSPS) is 15.4. The van der Waals surface area contributed by atoms with Crippen LogP contribution in [0.1, 0.15) is 30.0 Å². The molecule has 0 spiro atoms. The third-order valence-corrected chi connectivity index (χ3v) is 7.78. The summed E-state index contributed by atoms with van der Waals surface area (Å²) >= 11 is 0. The quantitative estimate of drug-likeness (QED) is 0.292. The zero-order valence-corrected chi connectivity index (χ0v) is 22.8. The molecular weight excluding hydrogens is 506 g/mol. The predicted molar refractivity (Wildman–Crippen MR) is 155 cm³/mol. The number of piperidine rings is 1. The third kappa shape index (κ3) is 5.51. The van der Waals surface area contributed by atoms with Gasteiger partial charge in [-0.15, -0.1) is 0 Å². The van der Waals surface area contributed by atoms with Gasteiger partial charge in [0.25, 0.3) is 0 Å². The van der Waals surface area contributed by atoms with Crippen molar-refractivity contribution < 1.29 is 19.4 Å². The molecule has 1 atom stereocenters. The van der Waals surface area contributed by atoms with Crippen LogP contribution in [0.15, 0.2) is 72.8 Å². The zero-order chi connectivity index (χ0) is 28.1. The zero-order valence-electron chi connectivity index (χ0n) is 22.8. The summed E-state index contributed by atoms with van der Waals surface area (Å²) in [6.07, 6.45) is 1.78. The van der Waals surface area contributed by atoms with Crippen LogP contribution in [0.5, 0.6) is 11.5 Å². The van der Waals surface area contributed by atoms with Crippen LogP contribution in [0.25, 0.3) is 10.9 Å². The lowest BCUT2D eigenvalue weighted by molar-refractivity contribution is -0.133. The molecule has 0 bridgehead atoms. The van der Waals surface area contributed by atoms with Gasteiger partial charge in [0.1, 0.15) is 5.82 Å². The van der Waals surface area contributed by atoms with Crippen LogP contribution >= 0.6 is 0 Å². The molecule has 0 saturated carbocycles. The number of benzene rings is 3. The van der Waals surface area contributed by atoms with E-state index in [2.05, 4.69) is 27.3 Å². The van der Waals surface area contributed by atoms with Crippen molar-refractivity contribution in [3.05, 3.63) is 83.9 Å². The van der Waals surface area contributed by atoms with Gasteiger partial charge in [-0.3, -0.25) is 4.79 Å². The number of nitrogens with one attached hydrogen (secondary N) is 1. The van der Waals surface area contributed by atoms with E-state index in [4.69, 9.17) is 20.2 Å². The fourth-order valence-corrected chi connectivity index (χ4v) is 5.44. The number of ether oxygens (including phenoxy) is 2. The molecule has 5 rings (SSSR count). The van der Waals surface area contributed by atoms with Gasteiger partial charge in [0.15, 0.2) is 11.5 Å². The molecule has 0 aliphatic carbocycles. The van der Waals surface area contributed by atoms with E-state index in [0.717, 1.165) is 11.1 Å². The highest BCUT2D eigenvalue weighted by atomic mass is 16.5. The molecule has 1 aliphatic rings. The molecular formula is C31H35N5O4. The number of methoxy groups -OCH3 is 2. The Bertz CT molecular complexity index is 1460. The summed E-state index contributed by atoms with van der Waals surface area (Å²) < 4.78 is 10.9. The maximum atomic E-state index is 14.0. The Kier molecular flexibility index (Phi) is 8.02. The van der Waals surface area contributed by atoms with Gasteiger partial charge >= 0.3 is 0 Å². The molecule has 4 N–H and O–H groups in total. The lowest BCUT2D eigenvalue weighted by Gasteiger charge is -2.41. The van der Waals surface area contributed by atoms with Gasteiger partial charge < -0.3 is 30.5 Å². The van der Waals surface area contributed by atoms with Crippen molar-refractivity contribution in [2.75, 3.05) is 44.5 Å². The minimum absolute atomic E-state index is 0.0605. The number of carbonyl (C=O) groups is 1. The predicted octanol–water partition coefficient (Wildman–Crippen LogP) is 3.91. The van der Waals surface area contributed by atoms with Crippen LogP contribution in [0, 0.1) is 5.41 Å². The highest BCUT2D eigenvalue weighted by Gasteiger charge is 2.42. The van der Waals surface area contributed by atoms with Crippen molar-refractivity contribution >= 4 is 28.6 Å². The molecule has 40 heavy (non-hydrogen) atoms. The fraction of sp³-hybridized carbons (Fsp3) is 0.323. The molecule has 208 valence electrons. The molecule has 2 heterocycles. The van der Waals surface area contributed by atoms with Gasteiger partial charge in [0.2, 0.25) is 11.9 Å². The number of nitrogens with two attached hydrogens (primary N) is 1. The summed E-state index contributed by atoms with van der Waals surface area (Å²) in [5.41, 5.74) is 8.32. The largest absolute Gasteiger partial charge is 0.493 e. The summed E-state index contributed by atoms with van der Waals surface area (Å²) in [6.45, 7) is 0.975. The van der Waals surface area contributed by atoms with Gasteiger partial charge in [-0.2, -0.15) is 4.98 Å². The average Bonchev–Trinajstić information content (AvgIpc) is 3.00. The Balaban J connectivity index is 1.41. The minimum atomic E-state index is -0.654. The highest BCUT2D eigenvalue weighted by Crippen LogP contribution is 2.39. The van der Waals surface area contributed by atoms with Crippen molar-refractivity contribution in [3.8, 4) is 11.5 Å². The molecule has 4 aromatic rings. The molecule has 1 fully saturated rings. The van der Waals surface area contributed by atoms with E-state index >= 15 is 0 Å². The van der Waals surface area contributed by atoms with E-state index in [9.17, 15) is 9.90 Å². The Morgan fingerprint density at radius 3 is 2.25 bits per heavy atom. The lowest BCUT2D eigenvalue weighted by atomic mass is 9.72. The minimum Gasteiger partial charge on any atom is -0.493 e. The fourth-order valence-electron chi connectivity index (χ4n) is 5.44. The number of aliphatic hydroxyl groups excluding tert-OH is 1. The number of anilines is 2. The maximum Gasteiger partial charge on any atom is 0.227 e. The van der Waals surface area contributed by atoms with Gasteiger partial charge in [-0.05, 0) is 36.5 Å². The summed E-state index contributed by atoms with van der Waals surface area (Å²) in [5, 5.41) is 13.9. The number of fused-ring (bicyclic) bond motifs is 1. The van der Waals surface area contributed by atoms with Crippen LogP contribution in [0.4, 0.5) is 11.8 Å². The number of rotatable bonds is 9. The van der Waals surface area contributed by atoms with Crippen molar-refractivity contribution in [1.82, 2.24) is 15.3 Å². The molecule has 9 heteroatoms. The van der Waals surface area contributed by atoms with E-state index in [1.54, 1.807) is 26.4 Å². The summed E-state index contributed by atoms with van der Waals surface area (Å²) in [4.78, 5) is 25.4. The van der Waals surface area contributed by atoms with E-state index in [0.29, 0.717) is 66.5 Å². The summed E-state index contributed by atoms with van der Waals surface area (Å²) in [5.74, 6) is 1.93. The second kappa shape index (κ2) is 11.8. The van der Waals surface area contributed by atoms with E-state index in [1.165, 1.54) is 0 Å². The Hall–Kier alpha value is -4.37.